The van der Waals surface area contributed by atoms with Gasteiger partial charge in [0.05, 0.1) is 45.6 Å². The van der Waals surface area contributed by atoms with Crippen LogP contribution in [0.5, 0.6) is 0 Å². The molecule has 3 aliphatic heterocycles. The number of nitrogens with two attached hydrogens (primary N) is 3. The lowest BCUT2D eigenvalue weighted by Gasteiger charge is -2.24. The number of rotatable bonds is 20. The van der Waals surface area contributed by atoms with Crippen LogP contribution in [0.1, 0.15) is 25.1 Å². The molecule has 3 saturated heterocycles. The second-order valence-electron chi connectivity index (χ2n) is 17.9. The normalized spacial score (nSPS) is 29.5. The van der Waals surface area contributed by atoms with Gasteiger partial charge in [0.25, 0.3) is 17.1 Å². The topological polar surface area (TPSA) is 553 Å². The number of phosphoric ester groups is 3. The Morgan fingerprint density at radius 3 is 2.00 bits per heavy atom. The smallest absolute Gasteiger partial charge is 0.387 e. The summed E-state index contributed by atoms with van der Waals surface area (Å²) in [6.07, 6.45) is -16.7. The van der Waals surface area contributed by atoms with Crippen molar-refractivity contribution in [2.24, 2.45) is 13.0 Å². The number of nitrogens with one attached hydrogen (secondary N) is 2. The van der Waals surface area contributed by atoms with Crippen LogP contribution in [0.3, 0.4) is 0 Å². The molecule has 6 aromatic rings. The third kappa shape index (κ3) is 11.9. The Labute approximate surface area is 438 Å². The summed E-state index contributed by atoms with van der Waals surface area (Å²) >= 11 is 0. The molecule has 9 heterocycles. The van der Waals surface area contributed by atoms with Gasteiger partial charge in [-0.25, -0.2) is 47.2 Å². The number of hydrogen-bond acceptors (Lipinski definition) is 28. The molecule has 0 aliphatic carbocycles. The lowest BCUT2D eigenvalue weighted by atomic mass is 9.94. The number of H-pyrrole nitrogens is 2. The van der Waals surface area contributed by atoms with Crippen LogP contribution in [0, 0.1) is 5.92 Å². The molecule has 1 amide bonds. The van der Waals surface area contributed by atoms with E-state index in [1.165, 1.54) is 36.6 Å². The molecule has 432 valence electrons. The number of hydrogen-bond donors (Lipinski definition) is 12. The Hall–Kier alpha value is -5.67. The molecule has 79 heavy (non-hydrogen) atoms. The summed E-state index contributed by atoms with van der Waals surface area (Å²) in [6, 6.07) is 0. The first kappa shape index (κ1) is 58.0. The zero-order valence-electron chi connectivity index (χ0n) is 40.5. The first-order chi connectivity index (χ1) is 36.9. The summed E-state index contributed by atoms with van der Waals surface area (Å²) in [6.45, 7) is -3.60. The summed E-state index contributed by atoms with van der Waals surface area (Å²) in [5, 5.41) is 33.1. The van der Waals surface area contributed by atoms with Crippen molar-refractivity contribution in [1.29, 1.82) is 0 Å². The molecule has 3 aliphatic rings. The van der Waals surface area contributed by atoms with Gasteiger partial charge in [-0.15, -0.1) is 0 Å². The van der Waals surface area contributed by atoms with E-state index >= 15 is 4.39 Å². The minimum absolute atomic E-state index is 0.0206. The number of nitrogens with zero attached hydrogens (tertiary/aromatic N) is 11. The van der Waals surface area contributed by atoms with E-state index in [4.69, 9.17) is 49.5 Å². The molecule has 9 rings (SSSR count). The summed E-state index contributed by atoms with van der Waals surface area (Å²) in [7, 11) is -19.6. The van der Waals surface area contributed by atoms with Gasteiger partial charge in [0.2, 0.25) is 23.6 Å². The number of aliphatic hydroxyl groups excluding tert-OH is 3. The molecule has 0 radical (unpaired) electrons. The molecular formula is C35H48FN16O23P4+. The van der Waals surface area contributed by atoms with Crippen LogP contribution in [0.15, 0.2) is 34.9 Å². The molecular weight excluding hydrogens is 1160 g/mol. The average molecular weight is 1200 g/mol. The molecule has 4 unspecified atom stereocenters. The number of fused-ring (bicyclic) bond motifs is 3. The fraction of sp³-hybridized carbons (Fsp3) is 0.543. The molecule has 39 nitrogen and oxygen atoms in total. The zero-order chi connectivity index (χ0) is 57.4. The van der Waals surface area contributed by atoms with Crippen molar-refractivity contribution in [2.45, 2.75) is 74.0 Å². The van der Waals surface area contributed by atoms with E-state index in [1.54, 1.807) is 0 Å². The Bertz CT molecular complexity index is 3640. The average Bonchev–Trinajstić information content (AvgIpc) is 4.42. The van der Waals surface area contributed by atoms with Crippen LogP contribution in [-0.4, -0.2) is 182 Å². The number of aromatic amines is 2. The number of imidazole rings is 3. The van der Waals surface area contributed by atoms with Gasteiger partial charge in [-0.3, -0.25) is 56.1 Å². The van der Waals surface area contributed by atoms with Crippen molar-refractivity contribution < 1.29 is 108 Å². The van der Waals surface area contributed by atoms with Crippen molar-refractivity contribution >= 4 is 88.4 Å². The van der Waals surface area contributed by atoms with Crippen LogP contribution in [-0.2, 0) is 71.0 Å². The fourth-order valence-corrected chi connectivity index (χ4v) is 13.2. The second-order valence-corrected chi connectivity index (χ2v) is 23.9. The third-order valence-electron chi connectivity index (χ3n) is 12.4. The van der Waals surface area contributed by atoms with Gasteiger partial charge in [-0.05, 0) is 0 Å². The van der Waals surface area contributed by atoms with Gasteiger partial charge in [0.15, 0.2) is 47.6 Å². The predicted octanol–water partition coefficient (Wildman–Crippen LogP) is -3.65. The van der Waals surface area contributed by atoms with Crippen LogP contribution >= 0.6 is 31.3 Å². The van der Waals surface area contributed by atoms with Gasteiger partial charge >= 0.3 is 36.9 Å². The van der Waals surface area contributed by atoms with Gasteiger partial charge < -0.3 is 71.2 Å². The Morgan fingerprint density at radius 2 is 1.33 bits per heavy atom. The number of aromatic nitrogens is 12. The van der Waals surface area contributed by atoms with E-state index in [0.29, 0.717) is 0 Å². The number of aliphatic hydroxyl groups is 3. The highest BCUT2D eigenvalue weighted by Gasteiger charge is 2.54. The van der Waals surface area contributed by atoms with E-state index < -0.39 is 148 Å². The number of amides is 1. The molecule has 0 saturated carbocycles. The quantitative estimate of drug-likeness (QED) is 0.0259. The highest BCUT2D eigenvalue weighted by Crippen LogP contribution is 2.68. The lowest BCUT2D eigenvalue weighted by molar-refractivity contribution is -0.745. The number of aryl methyl sites for hydroxylation is 1. The van der Waals surface area contributed by atoms with Gasteiger partial charge in [0.1, 0.15) is 48.5 Å². The molecule has 16 atom stereocenters. The molecule has 3 fully saturated rings. The number of phosphoric acid groups is 4. The SMILES string of the molecule is CN(C)C(=O)C[C@H]1[C@@H](O)[C@H]([n+]2cn(C)c3c(=O)[nH]c(N)nc32)O[C@@H]1COP(=O)(O)OP(=O)(O)OP(=O)(O)OC[C@H]1O[C@@H](n2cnc3c(N)ncnc32)[C@H](F)[C@@H]1OP(=O)(O)OC[C@H]1O[C@@H](n2cnc3c(=O)[nH]c(N)nc32)[C@H](O)[C@@H]1O. The van der Waals surface area contributed by atoms with Crippen LogP contribution < -0.4 is 32.9 Å². The molecule has 44 heteroatoms. The summed E-state index contributed by atoms with van der Waals surface area (Å²) < 4.78 is 120. The maximum absolute atomic E-state index is 16.6. The monoisotopic (exact) mass is 1200 g/mol. The summed E-state index contributed by atoms with van der Waals surface area (Å²) in [4.78, 5) is 110. The van der Waals surface area contributed by atoms with Crippen molar-refractivity contribution in [3.05, 3.63) is 46.0 Å². The van der Waals surface area contributed by atoms with Crippen LogP contribution in [0.25, 0.3) is 33.5 Å². The van der Waals surface area contributed by atoms with E-state index in [2.05, 4.69) is 48.5 Å². The number of nitrogen functional groups attached to an aromatic ring is 3. The minimum Gasteiger partial charge on any atom is -0.387 e. The summed E-state index contributed by atoms with van der Waals surface area (Å²) in [5.41, 5.74) is 15.0. The maximum atomic E-state index is 16.6. The standard InChI is InChI=1S/C35H47FN16O23P4/c1-48(2)16(53)4-12-13(70-32(21(12)54)52-11-49(3)20-28(52)45-35(39)47-30(20)58)5-68-77(61,62)74-79(65,66)75-78(63,64)69-7-15-24(17(36)31(72-15)50-9-42-18-25(37)40-8-41-26(18)50)73-76(59,60)67-6-14-22(55)23(56)33(71-14)51-10-43-19-27(51)44-34(38)46-29(19)57/h8-15,17,21-24,31-33,54-56H,4-7H2,1-3H3,(H11-,37,38,39,40,41,44,45,46,47,57,58,59,60,61,62,63,64,65,66)/p+1/t12-,13-,14-,15-,17-,21-,22-,23-,24-,31-,32-,33-/m1/s1. The number of carbonyl (C=O) groups excluding carboxylic acids is 1. The van der Waals surface area contributed by atoms with Crippen LogP contribution in [0.2, 0.25) is 0 Å². The largest absolute Gasteiger partial charge is 0.490 e. The van der Waals surface area contributed by atoms with Crippen molar-refractivity contribution in [2.75, 3.05) is 51.1 Å². The molecule has 6 aromatic heterocycles. The number of alkyl halides is 1. The Balaban J connectivity index is 0.868. The fourth-order valence-electron chi connectivity index (χ4n) is 8.75. The maximum Gasteiger partial charge on any atom is 0.490 e. The second kappa shape index (κ2) is 21.7. The lowest BCUT2D eigenvalue weighted by Crippen LogP contribution is -2.45. The molecule has 0 bridgehead atoms. The van der Waals surface area contributed by atoms with Gasteiger partial charge in [-0.2, -0.15) is 13.6 Å². The van der Waals surface area contributed by atoms with E-state index in [1.807, 2.05) is 0 Å². The van der Waals surface area contributed by atoms with Gasteiger partial charge in [-0.1, -0.05) is 4.98 Å². The number of ether oxygens (including phenoxy) is 3. The Kier molecular flexibility index (Phi) is 15.9. The predicted molar refractivity (Wildman–Crippen MR) is 254 cm³/mol. The minimum atomic E-state index is -6.28. The third-order valence-corrected chi connectivity index (χ3v) is 17.6. The first-order valence-corrected chi connectivity index (χ1v) is 28.5. The van der Waals surface area contributed by atoms with E-state index in [-0.39, 0.29) is 51.2 Å². The number of carbonyl (C=O) groups is 1. The summed E-state index contributed by atoms with van der Waals surface area (Å²) in [5.74, 6) is -2.66. The van der Waals surface area contributed by atoms with Gasteiger partial charge in [0, 0.05) is 26.4 Å². The first-order valence-electron chi connectivity index (χ1n) is 22.6. The molecule has 0 aromatic carbocycles. The highest BCUT2D eigenvalue weighted by molar-refractivity contribution is 7.66. The van der Waals surface area contributed by atoms with E-state index in [0.717, 1.165) is 33.0 Å². The Morgan fingerprint density at radius 1 is 0.747 bits per heavy atom. The van der Waals surface area contributed by atoms with Crippen molar-refractivity contribution in [3.8, 4) is 0 Å². The molecule has 15 N–H and O–H groups in total. The molecule has 0 spiro atoms. The zero-order valence-corrected chi connectivity index (χ0v) is 44.1. The number of halogens is 1. The van der Waals surface area contributed by atoms with E-state index in [9.17, 15) is 67.5 Å². The van der Waals surface area contributed by atoms with Crippen molar-refractivity contribution in [3.63, 3.8) is 0 Å². The number of anilines is 3. The van der Waals surface area contributed by atoms with Crippen molar-refractivity contribution in [1.82, 2.24) is 58.5 Å². The van der Waals surface area contributed by atoms with Crippen LogP contribution in [0.4, 0.5) is 22.1 Å². The highest BCUT2D eigenvalue weighted by atomic mass is 31.3.